The van der Waals surface area contributed by atoms with Crippen LogP contribution in [0.2, 0.25) is 0 Å². The summed E-state index contributed by atoms with van der Waals surface area (Å²) >= 11 is 2.24. The van der Waals surface area contributed by atoms with Gasteiger partial charge in [0.15, 0.2) is 0 Å². The maximum absolute atomic E-state index is 13.6. The zero-order valence-electron chi connectivity index (χ0n) is 10.5. The number of rotatable bonds is 3. The van der Waals surface area contributed by atoms with E-state index in [1.165, 1.54) is 12.1 Å². The average molecular weight is 373 g/mol. The van der Waals surface area contributed by atoms with E-state index in [1.54, 1.807) is 0 Å². The Hall–Kier alpha value is -1.01. The van der Waals surface area contributed by atoms with Gasteiger partial charge >= 0.3 is 0 Å². The van der Waals surface area contributed by atoms with Gasteiger partial charge in [-0.2, -0.15) is 0 Å². The van der Waals surface area contributed by atoms with E-state index in [9.17, 15) is 8.78 Å². The van der Waals surface area contributed by atoms with E-state index >= 15 is 0 Å². The van der Waals surface area contributed by atoms with Crippen LogP contribution in [0.25, 0.3) is 0 Å². The molecular formula is C15H14F2IN. The van der Waals surface area contributed by atoms with Gasteiger partial charge in [0.25, 0.3) is 0 Å². The fourth-order valence-electron chi connectivity index (χ4n) is 1.99. The first-order valence-electron chi connectivity index (χ1n) is 5.93. The van der Waals surface area contributed by atoms with Crippen LogP contribution < -0.4 is 5.73 Å². The smallest absolute Gasteiger partial charge is 0.129 e. The summed E-state index contributed by atoms with van der Waals surface area (Å²) in [5, 5.41) is 0. The molecule has 2 aromatic carbocycles. The molecule has 1 nitrogen and oxygen atoms in total. The monoisotopic (exact) mass is 373 g/mol. The molecule has 100 valence electrons. The van der Waals surface area contributed by atoms with E-state index in [0.29, 0.717) is 12.0 Å². The van der Waals surface area contributed by atoms with Crippen LogP contribution in [-0.2, 0) is 6.42 Å². The highest BCUT2D eigenvalue weighted by molar-refractivity contribution is 14.1. The summed E-state index contributed by atoms with van der Waals surface area (Å²) in [6, 6.07) is 9.19. The first-order valence-corrected chi connectivity index (χ1v) is 7.01. The van der Waals surface area contributed by atoms with Crippen LogP contribution in [0.3, 0.4) is 0 Å². The Kier molecular flexibility index (Phi) is 4.52. The van der Waals surface area contributed by atoms with Crippen LogP contribution in [0.1, 0.15) is 22.7 Å². The number of hydrogen-bond donors (Lipinski definition) is 1. The molecule has 0 radical (unpaired) electrons. The van der Waals surface area contributed by atoms with Crippen LogP contribution >= 0.6 is 22.6 Å². The van der Waals surface area contributed by atoms with Crippen molar-refractivity contribution in [2.45, 2.75) is 19.4 Å². The van der Waals surface area contributed by atoms with Crippen molar-refractivity contribution in [2.24, 2.45) is 5.73 Å². The second kappa shape index (κ2) is 5.96. The summed E-state index contributed by atoms with van der Waals surface area (Å²) in [7, 11) is 0. The molecule has 0 fully saturated rings. The molecule has 0 saturated carbocycles. The van der Waals surface area contributed by atoms with Gasteiger partial charge in [0.2, 0.25) is 0 Å². The number of halogens is 3. The van der Waals surface area contributed by atoms with Crippen LogP contribution in [0.15, 0.2) is 36.4 Å². The lowest BCUT2D eigenvalue weighted by Crippen LogP contribution is -2.16. The average Bonchev–Trinajstić information content (AvgIpc) is 2.36. The van der Waals surface area contributed by atoms with Crippen LogP contribution in [0.4, 0.5) is 8.78 Å². The predicted octanol–water partition coefficient (Wildman–Crippen LogP) is 4.12. The second-order valence-electron chi connectivity index (χ2n) is 4.52. The molecule has 0 aliphatic rings. The SMILES string of the molecule is Cc1cccc(C(N)Cc2ccc(F)cc2F)c1I. The standard InChI is InChI=1S/C15H14F2IN/c1-9-3-2-4-12(15(9)18)14(19)7-10-5-6-11(16)8-13(10)17/h2-6,8,14H,7,19H2,1H3. The van der Waals surface area contributed by atoms with Gasteiger partial charge in [-0.3, -0.25) is 0 Å². The summed E-state index contributed by atoms with van der Waals surface area (Å²) in [6.45, 7) is 2.01. The number of nitrogens with two attached hydrogens (primary N) is 1. The normalized spacial score (nSPS) is 12.5. The fourth-order valence-corrected chi connectivity index (χ4v) is 2.75. The fraction of sp³-hybridized carbons (Fsp3) is 0.200. The van der Waals surface area contributed by atoms with E-state index in [2.05, 4.69) is 22.6 Å². The van der Waals surface area contributed by atoms with Crippen molar-refractivity contribution in [3.05, 3.63) is 68.3 Å². The minimum Gasteiger partial charge on any atom is -0.324 e. The molecule has 0 saturated heterocycles. The molecule has 2 rings (SSSR count). The number of hydrogen-bond acceptors (Lipinski definition) is 1. The van der Waals surface area contributed by atoms with Crippen molar-refractivity contribution in [2.75, 3.05) is 0 Å². The highest BCUT2D eigenvalue weighted by atomic mass is 127. The van der Waals surface area contributed by atoms with E-state index < -0.39 is 11.6 Å². The van der Waals surface area contributed by atoms with Gasteiger partial charge < -0.3 is 5.73 Å². The molecule has 1 atom stereocenters. The summed E-state index contributed by atoms with van der Waals surface area (Å²) in [5.41, 5.74) is 8.71. The lowest BCUT2D eigenvalue weighted by molar-refractivity contribution is 0.563. The van der Waals surface area contributed by atoms with Crippen molar-refractivity contribution >= 4 is 22.6 Å². The molecule has 2 aromatic rings. The molecule has 0 aromatic heterocycles. The Morgan fingerprint density at radius 1 is 1.21 bits per heavy atom. The zero-order valence-corrected chi connectivity index (χ0v) is 12.6. The van der Waals surface area contributed by atoms with Gasteiger partial charge in [-0.1, -0.05) is 24.3 Å². The number of aryl methyl sites for hydroxylation is 1. The lowest BCUT2D eigenvalue weighted by atomic mass is 9.98. The molecule has 0 bridgehead atoms. The largest absolute Gasteiger partial charge is 0.324 e. The first kappa shape index (κ1) is 14.4. The van der Waals surface area contributed by atoms with Crippen molar-refractivity contribution in [3.8, 4) is 0 Å². The molecule has 1 unspecified atom stereocenters. The molecule has 0 spiro atoms. The maximum atomic E-state index is 13.6. The topological polar surface area (TPSA) is 26.0 Å². The molecule has 0 aliphatic heterocycles. The van der Waals surface area contributed by atoms with Crippen molar-refractivity contribution in [3.63, 3.8) is 0 Å². The highest BCUT2D eigenvalue weighted by Gasteiger charge is 2.14. The zero-order chi connectivity index (χ0) is 14.0. The van der Waals surface area contributed by atoms with Gasteiger partial charge in [0, 0.05) is 15.7 Å². The van der Waals surface area contributed by atoms with Gasteiger partial charge in [-0.15, -0.1) is 0 Å². The van der Waals surface area contributed by atoms with E-state index in [0.717, 1.165) is 20.8 Å². The van der Waals surface area contributed by atoms with Crippen molar-refractivity contribution < 1.29 is 8.78 Å². The second-order valence-corrected chi connectivity index (χ2v) is 5.60. The molecule has 2 N–H and O–H groups in total. The van der Waals surface area contributed by atoms with E-state index in [1.807, 2.05) is 25.1 Å². The minimum absolute atomic E-state index is 0.299. The van der Waals surface area contributed by atoms with Gasteiger partial charge in [0.05, 0.1) is 0 Å². The van der Waals surface area contributed by atoms with Crippen LogP contribution in [0.5, 0.6) is 0 Å². The summed E-state index contributed by atoms with van der Waals surface area (Å²) in [4.78, 5) is 0. The van der Waals surface area contributed by atoms with Crippen LogP contribution in [0, 0.1) is 22.1 Å². The van der Waals surface area contributed by atoms with Gasteiger partial charge in [-0.05, 0) is 58.7 Å². The van der Waals surface area contributed by atoms with Crippen molar-refractivity contribution in [1.82, 2.24) is 0 Å². The molecule has 0 aliphatic carbocycles. The Morgan fingerprint density at radius 2 is 1.95 bits per heavy atom. The molecule has 19 heavy (non-hydrogen) atoms. The molecule has 4 heteroatoms. The molecule has 0 heterocycles. The third-order valence-electron chi connectivity index (χ3n) is 3.08. The van der Waals surface area contributed by atoms with E-state index in [4.69, 9.17) is 5.73 Å². The third-order valence-corrected chi connectivity index (χ3v) is 4.55. The Balaban J connectivity index is 2.25. The predicted molar refractivity (Wildman–Crippen MR) is 80.9 cm³/mol. The Morgan fingerprint density at radius 3 is 2.63 bits per heavy atom. The lowest BCUT2D eigenvalue weighted by Gasteiger charge is -2.16. The maximum Gasteiger partial charge on any atom is 0.129 e. The molecule has 0 amide bonds. The summed E-state index contributed by atoms with van der Waals surface area (Å²) in [6.07, 6.45) is 0.353. The Labute approximate surface area is 125 Å². The number of benzene rings is 2. The van der Waals surface area contributed by atoms with Crippen molar-refractivity contribution in [1.29, 1.82) is 0 Å². The van der Waals surface area contributed by atoms with Gasteiger partial charge in [-0.25, -0.2) is 8.78 Å². The quantitative estimate of drug-likeness (QED) is 0.805. The van der Waals surface area contributed by atoms with Crippen LogP contribution in [-0.4, -0.2) is 0 Å². The third kappa shape index (κ3) is 3.30. The molecular weight excluding hydrogens is 359 g/mol. The highest BCUT2D eigenvalue weighted by Crippen LogP contribution is 2.25. The minimum atomic E-state index is -0.569. The first-order chi connectivity index (χ1) is 8.99. The van der Waals surface area contributed by atoms with Gasteiger partial charge in [0.1, 0.15) is 11.6 Å². The summed E-state index contributed by atoms with van der Waals surface area (Å²) in [5.74, 6) is -1.11. The Bertz CT molecular complexity index is 599. The van der Waals surface area contributed by atoms with E-state index in [-0.39, 0.29) is 6.04 Å². The summed E-state index contributed by atoms with van der Waals surface area (Å²) < 4.78 is 27.6.